The number of fused-ring (bicyclic) bond motifs is 1. The Labute approximate surface area is 261 Å². The van der Waals surface area contributed by atoms with E-state index >= 15 is 0 Å². The van der Waals surface area contributed by atoms with Crippen LogP contribution in [0.3, 0.4) is 0 Å². The van der Waals surface area contributed by atoms with Crippen molar-refractivity contribution < 1.29 is 5.11 Å². The molecular formula is C36H45N7O. The summed E-state index contributed by atoms with van der Waals surface area (Å²) in [5, 5.41) is 14.9. The molecule has 3 heterocycles. The van der Waals surface area contributed by atoms with Gasteiger partial charge in [0, 0.05) is 88.9 Å². The van der Waals surface area contributed by atoms with Crippen LogP contribution < -0.4 is 15.1 Å². The molecule has 2 aromatic carbocycles. The van der Waals surface area contributed by atoms with Gasteiger partial charge in [-0.2, -0.15) is 0 Å². The number of pyridine rings is 2. The molecule has 0 amide bonds. The number of nitrogens with one attached hydrogen (secondary N) is 2. The first kappa shape index (κ1) is 31.2. The van der Waals surface area contributed by atoms with Crippen molar-refractivity contribution in [3.8, 4) is 0 Å². The summed E-state index contributed by atoms with van der Waals surface area (Å²) in [5.74, 6) is 1.96. The Hall–Kier alpha value is -4.24. The van der Waals surface area contributed by atoms with Crippen LogP contribution in [0.1, 0.15) is 22.3 Å². The normalized spacial score (nSPS) is 12.1. The second-order valence-corrected chi connectivity index (χ2v) is 11.6. The molecule has 3 N–H and O–H groups in total. The number of aromatic nitrogens is 3. The number of aliphatic hydroxyl groups excluding tert-OH is 1. The Morgan fingerprint density at radius 1 is 0.773 bits per heavy atom. The molecule has 0 fully saturated rings. The Balaban J connectivity index is 1.17. The minimum atomic E-state index is -0.0168. The molecule has 44 heavy (non-hydrogen) atoms. The maximum Gasteiger partial charge on any atom is 0.128 e. The number of nitrogens with zero attached hydrogens (tertiary/aromatic N) is 5. The first-order valence-electron chi connectivity index (χ1n) is 15.4. The lowest BCUT2D eigenvalue weighted by Gasteiger charge is -2.28. The molecule has 3 aromatic heterocycles. The van der Waals surface area contributed by atoms with Gasteiger partial charge in [0.15, 0.2) is 0 Å². The summed E-state index contributed by atoms with van der Waals surface area (Å²) in [6, 6.07) is 27.3. The second kappa shape index (κ2) is 15.5. The van der Waals surface area contributed by atoms with E-state index in [0.29, 0.717) is 6.54 Å². The molecule has 0 aliphatic heterocycles. The first-order valence-corrected chi connectivity index (χ1v) is 15.4. The van der Waals surface area contributed by atoms with E-state index in [1.807, 2.05) is 36.7 Å². The molecule has 0 unspecified atom stereocenters. The number of aromatic amines is 1. The lowest BCUT2D eigenvalue weighted by atomic mass is 10.0. The van der Waals surface area contributed by atoms with E-state index in [9.17, 15) is 5.11 Å². The second-order valence-electron chi connectivity index (χ2n) is 11.6. The van der Waals surface area contributed by atoms with Crippen molar-refractivity contribution in [3.05, 3.63) is 120 Å². The third-order valence-corrected chi connectivity index (χ3v) is 8.30. The summed E-state index contributed by atoms with van der Waals surface area (Å²) in [5.41, 5.74) is 6.13. The van der Waals surface area contributed by atoms with Gasteiger partial charge in [-0.3, -0.25) is 4.90 Å². The lowest BCUT2D eigenvalue weighted by Crippen LogP contribution is -2.38. The van der Waals surface area contributed by atoms with Crippen molar-refractivity contribution in [2.24, 2.45) is 0 Å². The molecule has 0 radical (unpaired) electrons. The molecule has 230 valence electrons. The average Bonchev–Trinajstić information content (AvgIpc) is 3.49. The monoisotopic (exact) mass is 591 g/mol. The van der Waals surface area contributed by atoms with Crippen LogP contribution in [0.2, 0.25) is 0 Å². The number of hydrogen-bond donors (Lipinski definition) is 3. The quantitative estimate of drug-likeness (QED) is 0.148. The third kappa shape index (κ3) is 8.44. The van der Waals surface area contributed by atoms with Crippen LogP contribution in [0.4, 0.5) is 11.6 Å². The molecule has 0 aliphatic carbocycles. The highest BCUT2D eigenvalue weighted by atomic mass is 16.3. The summed E-state index contributed by atoms with van der Waals surface area (Å²) >= 11 is 0. The molecule has 0 saturated heterocycles. The van der Waals surface area contributed by atoms with Crippen molar-refractivity contribution in [3.63, 3.8) is 0 Å². The van der Waals surface area contributed by atoms with Gasteiger partial charge in [-0.05, 0) is 59.9 Å². The minimum Gasteiger partial charge on any atom is -0.395 e. The molecule has 8 nitrogen and oxygen atoms in total. The van der Waals surface area contributed by atoms with Gasteiger partial charge >= 0.3 is 0 Å². The van der Waals surface area contributed by atoms with E-state index in [1.165, 1.54) is 33.2 Å². The van der Waals surface area contributed by atoms with Gasteiger partial charge in [0.1, 0.15) is 11.6 Å². The summed E-state index contributed by atoms with van der Waals surface area (Å²) in [4.78, 5) is 19.3. The maximum absolute atomic E-state index is 10.1. The fourth-order valence-corrected chi connectivity index (χ4v) is 5.52. The average molecular weight is 592 g/mol. The standard InChI is InChI=1S/C36H45N7O/c1-28-9-8-10-33-31(25-40-36(28)33)23-32(27-44)39-24-29-13-15-30(16-14-29)26-43(21-19-41(2)34-11-4-6-17-37-34)22-20-42(3)35-12-5-7-18-38-35/h4-18,25,32,39-40,44H,19-24,26-27H2,1-3H3/t32-/m0/s1. The Morgan fingerprint density at radius 3 is 2.00 bits per heavy atom. The van der Waals surface area contributed by atoms with Crippen LogP contribution in [-0.4, -0.2) is 77.9 Å². The number of anilines is 2. The number of H-pyrrole nitrogens is 1. The Morgan fingerprint density at radius 2 is 1.41 bits per heavy atom. The summed E-state index contributed by atoms with van der Waals surface area (Å²) < 4.78 is 0. The van der Waals surface area contributed by atoms with Gasteiger partial charge in [-0.1, -0.05) is 54.6 Å². The molecule has 0 aliphatic rings. The number of likely N-dealkylation sites (N-methyl/N-ethyl adjacent to an activating group) is 2. The summed E-state index contributed by atoms with van der Waals surface area (Å²) in [6.45, 7) is 7.37. The van der Waals surface area contributed by atoms with Crippen molar-refractivity contribution in [2.45, 2.75) is 32.5 Å². The SMILES string of the molecule is Cc1cccc2c(C[C@@H](CO)NCc3ccc(CN(CCN(C)c4ccccn4)CCN(C)c4ccccn4)cc3)c[nH]c12. The zero-order valence-electron chi connectivity index (χ0n) is 26.2. The largest absolute Gasteiger partial charge is 0.395 e. The van der Waals surface area contributed by atoms with Gasteiger partial charge in [0.05, 0.1) is 6.61 Å². The number of hydrogen-bond acceptors (Lipinski definition) is 7. The molecule has 0 bridgehead atoms. The van der Waals surface area contributed by atoms with E-state index in [-0.39, 0.29) is 12.6 Å². The Bertz CT molecular complexity index is 1510. The highest BCUT2D eigenvalue weighted by Gasteiger charge is 2.14. The minimum absolute atomic E-state index is 0.0168. The third-order valence-electron chi connectivity index (χ3n) is 8.30. The molecule has 5 rings (SSSR count). The van der Waals surface area contributed by atoms with Crippen LogP contribution in [0, 0.1) is 6.92 Å². The fraction of sp³-hybridized carbons (Fsp3) is 0.333. The van der Waals surface area contributed by atoms with Crippen LogP contribution in [-0.2, 0) is 19.5 Å². The number of rotatable bonds is 16. The summed E-state index contributed by atoms with van der Waals surface area (Å²) in [7, 11) is 4.20. The van der Waals surface area contributed by atoms with Crippen LogP contribution in [0.15, 0.2) is 97.5 Å². The van der Waals surface area contributed by atoms with Gasteiger partial charge in [0.2, 0.25) is 0 Å². The van der Waals surface area contributed by atoms with Crippen LogP contribution >= 0.6 is 0 Å². The van der Waals surface area contributed by atoms with E-state index in [1.54, 1.807) is 0 Å². The first-order chi connectivity index (χ1) is 21.5. The highest BCUT2D eigenvalue weighted by molar-refractivity contribution is 5.85. The predicted octanol–water partition coefficient (Wildman–Crippen LogP) is 5.03. The molecular weight excluding hydrogens is 546 g/mol. The zero-order chi connectivity index (χ0) is 30.7. The van der Waals surface area contributed by atoms with E-state index in [0.717, 1.165) is 50.8 Å². The number of para-hydroxylation sites is 1. The van der Waals surface area contributed by atoms with Crippen molar-refractivity contribution >= 4 is 22.5 Å². The highest BCUT2D eigenvalue weighted by Crippen LogP contribution is 2.22. The van der Waals surface area contributed by atoms with Crippen LogP contribution in [0.25, 0.3) is 10.9 Å². The van der Waals surface area contributed by atoms with Gasteiger partial charge < -0.3 is 25.2 Å². The van der Waals surface area contributed by atoms with Gasteiger partial charge in [-0.15, -0.1) is 0 Å². The molecule has 0 spiro atoms. The smallest absolute Gasteiger partial charge is 0.128 e. The molecule has 8 heteroatoms. The van der Waals surface area contributed by atoms with E-state index in [4.69, 9.17) is 0 Å². The van der Waals surface area contributed by atoms with Gasteiger partial charge in [0.25, 0.3) is 0 Å². The van der Waals surface area contributed by atoms with Crippen molar-refractivity contribution in [2.75, 3.05) is 56.7 Å². The zero-order valence-corrected chi connectivity index (χ0v) is 26.2. The Kier molecular flexibility index (Phi) is 11.0. The van der Waals surface area contributed by atoms with Crippen molar-refractivity contribution in [1.82, 2.24) is 25.2 Å². The lowest BCUT2D eigenvalue weighted by molar-refractivity contribution is 0.241. The molecule has 1 atom stereocenters. The summed E-state index contributed by atoms with van der Waals surface area (Å²) in [6.07, 6.45) is 6.53. The topological polar surface area (TPSA) is 83.6 Å². The maximum atomic E-state index is 10.1. The number of aliphatic hydroxyl groups is 1. The van der Waals surface area contributed by atoms with Crippen LogP contribution in [0.5, 0.6) is 0 Å². The van der Waals surface area contributed by atoms with E-state index < -0.39 is 0 Å². The number of benzene rings is 2. The van der Waals surface area contributed by atoms with Gasteiger partial charge in [-0.25, -0.2) is 9.97 Å². The fourth-order valence-electron chi connectivity index (χ4n) is 5.52. The predicted molar refractivity (Wildman–Crippen MR) is 181 cm³/mol. The molecule has 0 saturated carbocycles. The van der Waals surface area contributed by atoms with Crippen molar-refractivity contribution in [1.29, 1.82) is 0 Å². The molecule has 5 aromatic rings. The number of aryl methyl sites for hydroxylation is 1. The van der Waals surface area contributed by atoms with E-state index in [2.05, 4.69) is 117 Å².